The average Bonchev–Trinajstić information content (AvgIpc) is 3.00. The van der Waals surface area contributed by atoms with Crippen LogP contribution in [0, 0.1) is 6.92 Å². The molecule has 0 radical (unpaired) electrons. The summed E-state index contributed by atoms with van der Waals surface area (Å²) in [7, 11) is 0. The van der Waals surface area contributed by atoms with Crippen molar-refractivity contribution in [2.24, 2.45) is 10.2 Å². The number of azo groups is 1. The van der Waals surface area contributed by atoms with Crippen molar-refractivity contribution in [1.82, 2.24) is 9.55 Å². The molecule has 0 amide bonds. The van der Waals surface area contributed by atoms with Gasteiger partial charge in [0.2, 0.25) is 0 Å². The Morgan fingerprint density at radius 3 is 1.60 bits per heavy atom. The molecule has 0 unspecified atom stereocenters. The van der Waals surface area contributed by atoms with E-state index < -0.39 is 0 Å². The number of H-pyrrole nitrogens is 1. The lowest BCUT2D eigenvalue weighted by atomic mass is 10.1. The van der Waals surface area contributed by atoms with Gasteiger partial charge >= 0.3 is 5.69 Å². The van der Waals surface area contributed by atoms with Crippen molar-refractivity contribution in [3.05, 3.63) is 81.1 Å². The molecule has 0 atom stereocenters. The highest BCUT2D eigenvalue weighted by atomic mass is 16.5. The van der Waals surface area contributed by atoms with E-state index in [1.54, 1.807) is 17.7 Å². The molecule has 0 saturated heterocycles. The van der Waals surface area contributed by atoms with Gasteiger partial charge in [-0.3, -0.25) is 9.78 Å². The van der Waals surface area contributed by atoms with Crippen molar-refractivity contribution in [2.75, 3.05) is 13.2 Å². The monoisotopic (exact) mass is 576 g/mol. The topological polar surface area (TPSA) is 98.0 Å². The van der Waals surface area contributed by atoms with Gasteiger partial charge in [-0.05, 0) is 74.7 Å². The van der Waals surface area contributed by atoms with Crippen LogP contribution in [0.5, 0.6) is 11.5 Å². The summed E-state index contributed by atoms with van der Waals surface area (Å²) in [6.07, 6.45) is 16.9. The van der Waals surface area contributed by atoms with Gasteiger partial charge in [-0.2, -0.15) is 10.2 Å². The van der Waals surface area contributed by atoms with Crippen LogP contribution in [-0.4, -0.2) is 22.8 Å². The van der Waals surface area contributed by atoms with Crippen LogP contribution in [-0.2, 0) is 6.54 Å². The van der Waals surface area contributed by atoms with E-state index in [9.17, 15) is 9.59 Å². The van der Waals surface area contributed by atoms with Gasteiger partial charge in [-0.15, -0.1) is 0 Å². The second kappa shape index (κ2) is 19.4. The van der Waals surface area contributed by atoms with Crippen molar-refractivity contribution in [3.63, 3.8) is 0 Å². The summed E-state index contributed by atoms with van der Waals surface area (Å²) in [5.74, 6) is 1.73. The molecule has 0 fully saturated rings. The minimum atomic E-state index is -0.311. The predicted octanol–water partition coefficient (Wildman–Crippen LogP) is 8.81. The van der Waals surface area contributed by atoms with Gasteiger partial charge in [0.05, 0.1) is 24.6 Å². The molecule has 2 aromatic carbocycles. The summed E-state index contributed by atoms with van der Waals surface area (Å²) >= 11 is 0. The number of hydrogen-bond donors (Lipinski definition) is 1. The molecule has 0 bridgehead atoms. The lowest BCUT2D eigenvalue weighted by molar-refractivity contribution is 0.304. The number of aryl methyl sites for hydroxylation is 2. The van der Waals surface area contributed by atoms with Gasteiger partial charge in [-0.1, -0.05) is 71.1 Å². The molecule has 228 valence electrons. The zero-order valence-corrected chi connectivity index (χ0v) is 25.5. The molecule has 0 aliphatic heterocycles. The molecular formula is C34H48N4O4. The molecule has 3 rings (SSSR count). The van der Waals surface area contributed by atoms with Crippen molar-refractivity contribution in [1.29, 1.82) is 0 Å². The van der Waals surface area contributed by atoms with E-state index in [-0.39, 0.29) is 11.2 Å². The second-order valence-corrected chi connectivity index (χ2v) is 10.9. The maximum atomic E-state index is 11.8. The zero-order chi connectivity index (χ0) is 29.8. The van der Waals surface area contributed by atoms with Gasteiger partial charge in [0, 0.05) is 18.3 Å². The number of nitrogens with one attached hydrogen (secondary N) is 1. The van der Waals surface area contributed by atoms with Crippen LogP contribution >= 0.6 is 0 Å². The van der Waals surface area contributed by atoms with Gasteiger partial charge < -0.3 is 14.0 Å². The summed E-state index contributed by atoms with van der Waals surface area (Å²) in [5.41, 5.74) is 1.56. The molecule has 1 N–H and O–H groups in total. The van der Waals surface area contributed by atoms with E-state index >= 15 is 0 Å². The minimum Gasteiger partial charge on any atom is -0.494 e. The Morgan fingerprint density at radius 1 is 0.643 bits per heavy atom. The Bertz CT molecular complexity index is 1300. The lowest BCUT2D eigenvalue weighted by Gasteiger charge is -2.07. The third-order valence-electron chi connectivity index (χ3n) is 7.22. The highest BCUT2D eigenvalue weighted by Gasteiger charge is 2.01. The van der Waals surface area contributed by atoms with Crippen molar-refractivity contribution < 1.29 is 9.47 Å². The number of rotatable bonds is 21. The van der Waals surface area contributed by atoms with Crippen LogP contribution in [0.3, 0.4) is 0 Å². The third kappa shape index (κ3) is 12.9. The lowest BCUT2D eigenvalue weighted by Crippen LogP contribution is -2.30. The fourth-order valence-corrected chi connectivity index (χ4v) is 4.65. The van der Waals surface area contributed by atoms with Gasteiger partial charge in [0.25, 0.3) is 5.56 Å². The minimum absolute atomic E-state index is 0.296. The third-order valence-corrected chi connectivity index (χ3v) is 7.22. The van der Waals surface area contributed by atoms with E-state index in [1.165, 1.54) is 57.8 Å². The number of nitrogens with zero attached hydrogens (tertiary/aromatic N) is 3. The number of aromatic nitrogens is 2. The summed E-state index contributed by atoms with van der Waals surface area (Å²) < 4.78 is 13.2. The van der Waals surface area contributed by atoms with Crippen LogP contribution in [0.15, 0.2) is 74.5 Å². The molecule has 1 aromatic heterocycles. The highest BCUT2D eigenvalue weighted by Crippen LogP contribution is 2.23. The van der Waals surface area contributed by atoms with Gasteiger partial charge in [0.15, 0.2) is 0 Å². The smallest absolute Gasteiger partial charge is 0.328 e. The fraction of sp³-hybridized carbons (Fsp3) is 0.529. The quantitative estimate of drug-likeness (QED) is 0.101. The fourth-order valence-electron chi connectivity index (χ4n) is 4.65. The average molecular weight is 577 g/mol. The largest absolute Gasteiger partial charge is 0.494 e. The predicted molar refractivity (Wildman–Crippen MR) is 170 cm³/mol. The van der Waals surface area contributed by atoms with Crippen molar-refractivity contribution in [3.8, 4) is 11.5 Å². The van der Waals surface area contributed by atoms with Crippen molar-refractivity contribution >= 4 is 11.4 Å². The van der Waals surface area contributed by atoms with E-state index in [0.29, 0.717) is 12.1 Å². The van der Waals surface area contributed by atoms with E-state index in [4.69, 9.17) is 9.47 Å². The Hall–Kier alpha value is -3.68. The molecule has 8 heteroatoms. The van der Waals surface area contributed by atoms with Gasteiger partial charge in [-0.25, -0.2) is 4.79 Å². The second-order valence-electron chi connectivity index (χ2n) is 10.9. The maximum Gasteiger partial charge on any atom is 0.328 e. The Morgan fingerprint density at radius 2 is 1.10 bits per heavy atom. The first-order valence-electron chi connectivity index (χ1n) is 15.7. The van der Waals surface area contributed by atoms with Crippen LogP contribution in [0.25, 0.3) is 0 Å². The molecule has 0 aliphatic carbocycles. The van der Waals surface area contributed by atoms with Crippen molar-refractivity contribution in [2.45, 2.75) is 104 Å². The normalized spacial score (nSPS) is 11.3. The van der Waals surface area contributed by atoms with Crippen LogP contribution in [0.4, 0.5) is 11.4 Å². The summed E-state index contributed by atoms with van der Waals surface area (Å²) in [6.45, 7) is 6.05. The number of unbranched alkanes of at least 4 members (excludes halogenated alkanes) is 11. The van der Waals surface area contributed by atoms with E-state index in [2.05, 4.69) is 22.1 Å². The Labute approximate surface area is 250 Å². The number of hydrogen-bond acceptors (Lipinski definition) is 6. The molecule has 0 saturated carbocycles. The summed E-state index contributed by atoms with van der Waals surface area (Å²) in [6, 6.07) is 15.5. The van der Waals surface area contributed by atoms with Crippen LogP contribution in [0.2, 0.25) is 0 Å². The Balaban J connectivity index is 1.17. The number of benzene rings is 2. The summed E-state index contributed by atoms with van der Waals surface area (Å²) in [4.78, 5) is 25.6. The molecule has 1 heterocycles. The molecular weight excluding hydrogens is 528 g/mol. The zero-order valence-electron chi connectivity index (χ0n) is 25.5. The molecule has 42 heavy (non-hydrogen) atoms. The SMILES string of the molecule is CCCCCOc1ccc(N=Nc2ccc(OCCCCCCCCCCCCn3cc(C)c(=O)[nH]c3=O)cc2)cc1. The molecule has 0 spiro atoms. The van der Waals surface area contributed by atoms with Gasteiger partial charge in [0.1, 0.15) is 11.5 Å². The highest BCUT2D eigenvalue weighted by molar-refractivity contribution is 5.44. The van der Waals surface area contributed by atoms with Crippen LogP contribution < -0.4 is 20.7 Å². The standard InChI is InChI=1S/C34H48N4O4/c1-3-4-14-25-41-31-20-16-29(17-21-31)36-37-30-18-22-32(23-19-30)42-26-15-12-10-8-6-5-7-9-11-13-24-38-27-28(2)33(39)35-34(38)40/h16-23,27H,3-15,24-26H2,1-2H3,(H,35,39,40). The first-order valence-corrected chi connectivity index (χ1v) is 15.7. The van der Waals surface area contributed by atoms with E-state index in [0.717, 1.165) is 61.8 Å². The first-order chi connectivity index (χ1) is 20.5. The molecule has 3 aromatic rings. The first kappa shape index (κ1) is 32.8. The summed E-state index contributed by atoms with van der Waals surface area (Å²) in [5, 5.41) is 8.65. The molecule has 0 aliphatic rings. The maximum absolute atomic E-state index is 11.8. The number of aromatic amines is 1. The van der Waals surface area contributed by atoms with Crippen LogP contribution in [0.1, 0.15) is 96.0 Å². The molecule has 8 nitrogen and oxygen atoms in total. The van der Waals surface area contributed by atoms with E-state index in [1.807, 2.05) is 48.5 Å². The number of ether oxygens (including phenoxy) is 2. The Kier molecular flexibility index (Phi) is 15.2.